The molecule has 1 unspecified atom stereocenters. The molecular weight excluding hydrogens is 162 g/mol. The number of ether oxygens (including phenoxy) is 1. The summed E-state index contributed by atoms with van der Waals surface area (Å²) in [6.07, 6.45) is 6.72. The van der Waals surface area contributed by atoms with E-state index in [-0.39, 0.29) is 0 Å². The third-order valence-electron chi connectivity index (χ3n) is 2.72. The molecule has 1 rings (SSSR count). The van der Waals surface area contributed by atoms with Crippen LogP contribution in [0.25, 0.3) is 0 Å². The Hall–Kier alpha value is -0.0800. The van der Waals surface area contributed by atoms with E-state index < -0.39 is 0 Å². The molecule has 1 heterocycles. The molecule has 0 aliphatic carbocycles. The fourth-order valence-corrected chi connectivity index (χ4v) is 1.89. The lowest BCUT2D eigenvalue weighted by Gasteiger charge is -2.21. The van der Waals surface area contributed by atoms with Gasteiger partial charge in [0.15, 0.2) is 0 Å². The summed E-state index contributed by atoms with van der Waals surface area (Å²) in [6, 6.07) is 0. The minimum Gasteiger partial charge on any atom is -0.381 e. The predicted octanol–water partition coefficient (Wildman–Crippen LogP) is 2.19. The zero-order valence-corrected chi connectivity index (χ0v) is 8.85. The van der Waals surface area contributed by atoms with Gasteiger partial charge < -0.3 is 10.1 Å². The fraction of sp³-hybridized carbons (Fsp3) is 1.00. The molecule has 1 aliphatic rings. The van der Waals surface area contributed by atoms with E-state index in [2.05, 4.69) is 12.2 Å². The number of nitrogens with one attached hydrogen (secondary N) is 1. The van der Waals surface area contributed by atoms with Crippen molar-refractivity contribution >= 4 is 0 Å². The van der Waals surface area contributed by atoms with Crippen LogP contribution >= 0.6 is 0 Å². The molecule has 2 nitrogen and oxygen atoms in total. The molecule has 0 radical (unpaired) electrons. The zero-order chi connectivity index (χ0) is 9.36. The molecule has 0 saturated carbocycles. The quantitative estimate of drug-likeness (QED) is 0.640. The summed E-state index contributed by atoms with van der Waals surface area (Å²) in [4.78, 5) is 0. The Morgan fingerprint density at radius 1 is 1.38 bits per heavy atom. The van der Waals surface area contributed by atoms with E-state index in [4.69, 9.17) is 4.74 Å². The first-order valence-corrected chi connectivity index (χ1v) is 5.72. The van der Waals surface area contributed by atoms with Crippen molar-refractivity contribution in [3.63, 3.8) is 0 Å². The van der Waals surface area contributed by atoms with Crippen LogP contribution in [0.4, 0.5) is 0 Å². The van der Waals surface area contributed by atoms with Crippen LogP contribution in [0.5, 0.6) is 0 Å². The lowest BCUT2D eigenvalue weighted by molar-refractivity contribution is 0.0508. The van der Waals surface area contributed by atoms with Gasteiger partial charge in [0, 0.05) is 13.2 Å². The Labute approximate surface area is 82.0 Å². The van der Waals surface area contributed by atoms with Gasteiger partial charge in [0.05, 0.1) is 0 Å². The van der Waals surface area contributed by atoms with Crippen molar-refractivity contribution in [1.29, 1.82) is 0 Å². The summed E-state index contributed by atoms with van der Waals surface area (Å²) in [7, 11) is 0. The molecule has 78 valence electrons. The highest BCUT2D eigenvalue weighted by atomic mass is 16.5. The SMILES string of the molecule is CCNCCCCC1CCCOC1. The lowest BCUT2D eigenvalue weighted by atomic mass is 9.96. The third kappa shape index (κ3) is 5.27. The van der Waals surface area contributed by atoms with Gasteiger partial charge in [-0.15, -0.1) is 0 Å². The van der Waals surface area contributed by atoms with Gasteiger partial charge in [-0.1, -0.05) is 13.3 Å². The van der Waals surface area contributed by atoms with Gasteiger partial charge in [0.1, 0.15) is 0 Å². The van der Waals surface area contributed by atoms with E-state index in [0.717, 1.165) is 25.7 Å². The minimum atomic E-state index is 0.857. The maximum absolute atomic E-state index is 5.44. The Kier molecular flexibility index (Phi) is 6.21. The van der Waals surface area contributed by atoms with Gasteiger partial charge in [0.2, 0.25) is 0 Å². The summed E-state index contributed by atoms with van der Waals surface area (Å²) in [6.45, 7) is 6.46. The van der Waals surface area contributed by atoms with E-state index in [1.807, 2.05) is 0 Å². The average molecular weight is 185 g/mol. The van der Waals surface area contributed by atoms with Crippen LogP contribution in [-0.4, -0.2) is 26.3 Å². The second-order valence-electron chi connectivity index (χ2n) is 3.93. The van der Waals surface area contributed by atoms with Crippen molar-refractivity contribution in [1.82, 2.24) is 5.32 Å². The Bertz CT molecular complexity index is 111. The molecule has 0 amide bonds. The van der Waals surface area contributed by atoms with Gasteiger partial charge in [-0.3, -0.25) is 0 Å². The smallest absolute Gasteiger partial charge is 0.0494 e. The lowest BCUT2D eigenvalue weighted by Crippen LogP contribution is -2.18. The molecule has 1 N–H and O–H groups in total. The molecule has 1 atom stereocenters. The van der Waals surface area contributed by atoms with Crippen molar-refractivity contribution in [2.45, 2.75) is 39.0 Å². The molecule has 0 spiro atoms. The van der Waals surface area contributed by atoms with Crippen molar-refractivity contribution in [3.05, 3.63) is 0 Å². The van der Waals surface area contributed by atoms with Crippen LogP contribution in [0.2, 0.25) is 0 Å². The highest BCUT2D eigenvalue weighted by Crippen LogP contribution is 2.19. The molecule has 13 heavy (non-hydrogen) atoms. The maximum atomic E-state index is 5.44. The van der Waals surface area contributed by atoms with Gasteiger partial charge >= 0.3 is 0 Å². The largest absolute Gasteiger partial charge is 0.381 e. The van der Waals surface area contributed by atoms with E-state index in [9.17, 15) is 0 Å². The molecule has 0 aromatic carbocycles. The second kappa shape index (κ2) is 7.34. The first-order valence-electron chi connectivity index (χ1n) is 5.72. The summed E-state index contributed by atoms with van der Waals surface area (Å²) >= 11 is 0. The van der Waals surface area contributed by atoms with Crippen LogP contribution < -0.4 is 5.32 Å². The number of unbranched alkanes of at least 4 members (excludes halogenated alkanes) is 1. The van der Waals surface area contributed by atoms with Crippen LogP contribution in [0.15, 0.2) is 0 Å². The third-order valence-corrected chi connectivity index (χ3v) is 2.72. The van der Waals surface area contributed by atoms with Crippen molar-refractivity contribution in [3.8, 4) is 0 Å². The summed E-state index contributed by atoms with van der Waals surface area (Å²) in [5, 5.41) is 3.35. The molecule has 1 saturated heterocycles. The van der Waals surface area contributed by atoms with Crippen LogP contribution in [0.3, 0.4) is 0 Å². The molecule has 0 aromatic rings. The molecule has 0 aromatic heterocycles. The van der Waals surface area contributed by atoms with Crippen LogP contribution in [0.1, 0.15) is 39.0 Å². The van der Waals surface area contributed by atoms with Crippen molar-refractivity contribution < 1.29 is 4.74 Å². The second-order valence-corrected chi connectivity index (χ2v) is 3.93. The topological polar surface area (TPSA) is 21.3 Å². The standard InChI is InChI=1S/C11H23NO/c1-2-12-8-4-3-6-11-7-5-9-13-10-11/h11-12H,2-10H2,1H3. The predicted molar refractivity (Wildman–Crippen MR) is 55.9 cm³/mol. The molecule has 0 bridgehead atoms. The van der Waals surface area contributed by atoms with Crippen molar-refractivity contribution in [2.24, 2.45) is 5.92 Å². The van der Waals surface area contributed by atoms with Crippen molar-refractivity contribution in [2.75, 3.05) is 26.3 Å². The van der Waals surface area contributed by atoms with E-state index in [0.29, 0.717) is 0 Å². The maximum Gasteiger partial charge on any atom is 0.0494 e. The van der Waals surface area contributed by atoms with E-state index in [1.54, 1.807) is 0 Å². The van der Waals surface area contributed by atoms with Crippen LogP contribution in [-0.2, 0) is 4.74 Å². The summed E-state index contributed by atoms with van der Waals surface area (Å²) < 4.78 is 5.44. The Balaban J connectivity index is 1.86. The molecule has 1 aliphatic heterocycles. The first kappa shape index (κ1) is 11.0. The first-order chi connectivity index (χ1) is 6.43. The average Bonchev–Trinajstić information content (AvgIpc) is 2.19. The van der Waals surface area contributed by atoms with Crippen LogP contribution in [0, 0.1) is 5.92 Å². The highest BCUT2D eigenvalue weighted by molar-refractivity contribution is 4.63. The summed E-state index contributed by atoms with van der Waals surface area (Å²) in [5.41, 5.74) is 0. The van der Waals surface area contributed by atoms with Gasteiger partial charge in [0.25, 0.3) is 0 Å². The summed E-state index contributed by atoms with van der Waals surface area (Å²) in [5.74, 6) is 0.857. The van der Waals surface area contributed by atoms with E-state index in [1.165, 1.54) is 38.6 Å². The Morgan fingerprint density at radius 2 is 2.31 bits per heavy atom. The van der Waals surface area contributed by atoms with Gasteiger partial charge in [-0.05, 0) is 44.7 Å². The molecular formula is C11H23NO. The number of hydrogen-bond donors (Lipinski definition) is 1. The highest BCUT2D eigenvalue weighted by Gasteiger charge is 2.12. The van der Waals surface area contributed by atoms with Gasteiger partial charge in [-0.25, -0.2) is 0 Å². The Morgan fingerprint density at radius 3 is 3.00 bits per heavy atom. The zero-order valence-electron chi connectivity index (χ0n) is 8.85. The molecule has 1 fully saturated rings. The number of hydrogen-bond acceptors (Lipinski definition) is 2. The monoisotopic (exact) mass is 185 g/mol. The van der Waals surface area contributed by atoms with E-state index >= 15 is 0 Å². The normalized spacial score (nSPS) is 23.3. The number of rotatable bonds is 6. The fourth-order valence-electron chi connectivity index (χ4n) is 1.89. The minimum absolute atomic E-state index is 0.857. The van der Waals surface area contributed by atoms with Gasteiger partial charge in [-0.2, -0.15) is 0 Å². The molecule has 2 heteroatoms.